The fourth-order valence-electron chi connectivity index (χ4n) is 3.26. The molecule has 0 aromatic rings. The predicted molar refractivity (Wildman–Crippen MR) is 124 cm³/mol. The first-order valence-electron chi connectivity index (χ1n) is 12.2. The van der Waals surface area contributed by atoms with Gasteiger partial charge >= 0.3 is 5.97 Å². The van der Waals surface area contributed by atoms with Crippen molar-refractivity contribution < 1.29 is 9.53 Å². The minimum absolute atomic E-state index is 0.000584. The van der Waals surface area contributed by atoms with E-state index in [0.29, 0.717) is 18.9 Å². The first kappa shape index (κ1) is 27.0. The molecule has 0 aliphatic carbocycles. The largest absolute Gasteiger partial charge is 0.465 e. The second kappa shape index (κ2) is 22.2. The van der Waals surface area contributed by atoms with Crippen LogP contribution in [0.2, 0.25) is 0 Å². The molecule has 0 saturated heterocycles. The first-order valence-corrected chi connectivity index (χ1v) is 12.2. The van der Waals surface area contributed by atoms with Crippen molar-refractivity contribution in [1.82, 2.24) is 0 Å². The Balaban J connectivity index is 3.42. The van der Waals surface area contributed by atoms with E-state index in [0.717, 1.165) is 25.7 Å². The van der Waals surface area contributed by atoms with Crippen LogP contribution >= 0.6 is 0 Å². The highest BCUT2D eigenvalue weighted by Gasteiger charge is 2.09. The molecule has 0 aromatic carbocycles. The molecule has 0 spiro atoms. The zero-order chi connectivity index (χ0) is 20.7. The van der Waals surface area contributed by atoms with E-state index in [1.165, 1.54) is 70.6 Å². The molecule has 1 unspecified atom stereocenters. The topological polar surface area (TPSA) is 26.3 Å². The number of ether oxygens (including phenoxy) is 1. The normalized spacial score (nSPS) is 12.8. The van der Waals surface area contributed by atoms with Gasteiger partial charge in [0.05, 0.1) is 6.61 Å². The van der Waals surface area contributed by atoms with Crippen molar-refractivity contribution in [2.75, 3.05) is 6.61 Å². The average Bonchev–Trinajstić information content (AvgIpc) is 2.71. The molecule has 0 fully saturated rings. The molecular weight excluding hydrogens is 344 g/mol. The van der Waals surface area contributed by atoms with Gasteiger partial charge in [0, 0.05) is 6.42 Å². The van der Waals surface area contributed by atoms with Crippen LogP contribution in [0.3, 0.4) is 0 Å². The van der Waals surface area contributed by atoms with Crippen LogP contribution < -0.4 is 0 Å². The fourth-order valence-corrected chi connectivity index (χ4v) is 3.26. The third-order valence-electron chi connectivity index (χ3n) is 5.35. The first-order chi connectivity index (χ1) is 13.7. The Morgan fingerprint density at radius 1 is 0.750 bits per heavy atom. The van der Waals surface area contributed by atoms with Crippen molar-refractivity contribution in [1.29, 1.82) is 0 Å². The number of hydrogen-bond donors (Lipinski definition) is 0. The van der Waals surface area contributed by atoms with E-state index in [-0.39, 0.29) is 5.97 Å². The molecule has 0 radical (unpaired) electrons. The molecule has 164 valence electrons. The monoisotopic (exact) mass is 392 g/mol. The summed E-state index contributed by atoms with van der Waals surface area (Å²) in [5.41, 5.74) is 0. The zero-order valence-corrected chi connectivity index (χ0v) is 19.2. The summed E-state index contributed by atoms with van der Waals surface area (Å²) in [5.74, 6) is 0.550. The van der Waals surface area contributed by atoms with Gasteiger partial charge in [-0.3, -0.25) is 4.79 Å². The SMILES string of the molecule is CCCCC/C=C/C/C=C/CCCCCCCC(=O)OCC(CC)CCCC. The molecule has 0 bridgehead atoms. The molecular formula is C26H48O2. The van der Waals surface area contributed by atoms with Crippen LogP contribution in [0.1, 0.15) is 124 Å². The van der Waals surface area contributed by atoms with Gasteiger partial charge in [0.2, 0.25) is 0 Å². The van der Waals surface area contributed by atoms with Gasteiger partial charge in [0.15, 0.2) is 0 Å². The lowest BCUT2D eigenvalue weighted by molar-refractivity contribution is -0.145. The Labute approximate surface area is 176 Å². The average molecular weight is 393 g/mol. The van der Waals surface area contributed by atoms with Crippen molar-refractivity contribution in [3.05, 3.63) is 24.3 Å². The molecule has 0 aliphatic heterocycles. The fraction of sp³-hybridized carbons (Fsp3) is 0.808. The van der Waals surface area contributed by atoms with Crippen LogP contribution in [0.4, 0.5) is 0 Å². The number of allylic oxidation sites excluding steroid dienone is 4. The van der Waals surface area contributed by atoms with Crippen LogP contribution in [0.25, 0.3) is 0 Å². The van der Waals surface area contributed by atoms with Crippen LogP contribution in [-0.4, -0.2) is 12.6 Å². The summed E-state index contributed by atoms with van der Waals surface area (Å²) < 4.78 is 5.46. The second-order valence-corrected chi connectivity index (χ2v) is 8.08. The van der Waals surface area contributed by atoms with E-state index in [9.17, 15) is 4.79 Å². The van der Waals surface area contributed by atoms with Gasteiger partial charge in [-0.15, -0.1) is 0 Å². The zero-order valence-electron chi connectivity index (χ0n) is 19.2. The lowest BCUT2D eigenvalue weighted by atomic mass is 10.0. The van der Waals surface area contributed by atoms with E-state index in [2.05, 4.69) is 45.1 Å². The number of carbonyl (C=O) groups is 1. The molecule has 0 rings (SSSR count). The summed E-state index contributed by atoms with van der Waals surface area (Å²) >= 11 is 0. The molecule has 0 aliphatic rings. The van der Waals surface area contributed by atoms with E-state index in [1.54, 1.807) is 0 Å². The summed E-state index contributed by atoms with van der Waals surface area (Å²) in [5, 5.41) is 0. The van der Waals surface area contributed by atoms with Gasteiger partial charge < -0.3 is 4.74 Å². The molecule has 28 heavy (non-hydrogen) atoms. The highest BCUT2D eigenvalue weighted by Crippen LogP contribution is 2.14. The third-order valence-corrected chi connectivity index (χ3v) is 5.35. The summed E-state index contributed by atoms with van der Waals surface area (Å²) in [6.45, 7) is 7.27. The van der Waals surface area contributed by atoms with Gasteiger partial charge in [0.25, 0.3) is 0 Å². The predicted octanol–water partition coefficient (Wildman–Crippen LogP) is 8.56. The second-order valence-electron chi connectivity index (χ2n) is 8.08. The number of hydrogen-bond acceptors (Lipinski definition) is 2. The summed E-state index contributed by atoms with van der Waals surface area (Å²) in [4.78, 5) is 11.8. The van der Waals surface area contributed by atoms with Crippen LogP contribution in [0.15, 0.2) is 24.3 Å². The maximum Gasteiger partial charge on any atom is 0.305 e. The summed E-state index contributed by atoms with van der Waals surface area (Å²) in [6, 6.07) is 0. The van der Waals surface area contributed by atoms with Crippen molar-refractivity contribution in [3.63, 3.8) is 0 Å². The van der Waals surface area contributed by atoms with Gasteiger partial charge in [-0.1, -0.05) is 96.4 Å². The molecule has 2 heteroatoms. The number of rotatable bonds is 20. The molecule has 1 atom stereocenters. The van der Waals surface area contributed by atoms with Crippen molar-refractivity contribution in [2.24, 2.45) is 5.92 Å². The summed E-state index contributed by atoms with van der Waals surface area (Å²) in [6.07, 6.45) is 27.9. The molecule has 0 aromatic heterocycles. The van der Waals surface area contributed by atoms with E-state index >= 15 is 0 Å². The highest BCUT2D eigenvalue weighted by atomic mass is 16.5. The Kier molecular flexibility index (Phi) is 21.4. The number of unbranched alkanes of at least 4 members (excludes halogenated alkanes) is 9. The number of esters is 1. The van der Waals surface area contributed by atoms with Crippen LogP contribution in [0, 0.1) is 5.92 Å². The van der Waals surface area contributed by atoms with Gasteiger partial charge in [0.1, 0.15) is 0 Å². The third kappa shape index (κ3) is 19.7. The quantitative estimate of drug-likeness (QED) is 0.118. The van der Waals surface area contributed by atoms with E-state index < -0.39 is 0 Å². The number of carbonyl (C=O) groups excluding carboxylic acids is 1. The minimum Gasteiger partial charge on any atom is -0.465 e. The Bertz CT molecular complexity index is 384. The van der Waals surface area contributed by atoms with Gasteiger partial charge in [-0.05, 0) is 50.9 Å². The molecule has 2 nitrogen and oxygen atoms in total. The van der Waals surface area contributed by atoms with Crippen molar-refractivity contribution >= 4 is 5.97 Å². The Morgan fingerprint density at radius 3 is 2.00 bits per heavy atom. The molecule has 0 amide bonds. The molecule has 0 heterocycles. The van der Waals surface area contributed by atoms with Crippen molar-refractivity contribution in [3.8, 4) is 0 Å². The lowest BCUT2D eigenvalue weighted by Crippen LogP contribution is -2.13. The van der Waals surface area contributed by atoms with Crippen LogP contribution in [0.5, 0.6) is 0 Å². The standard InChI is InChI=1S/C26H48O2/c1-4-7-9-10-11-12-13-14-15-16-17-18-19-20-21-23-26(27)28-24-25(6-3)22-8-5-2/h11-12,14-15,25H,4-10,13,16-24H2,1-3H3/b12-11+,15-14+. The maximum atomic E-state index is 11.8. The lowest BCUT2D eigenvalue weighted by Gasteiger charge is -2.14. The van der Waals surface area contributed by atoms with E-state index in [1.807, 2.05) is 0 Å². The maximum absolute atomic E-state index is 11.8. The molecule has 0 saturated carbocycles. The van der Waals surface area contributed by atoms with Gasteiger partial charge in [-0.25, -0.2) is 0 Å². The highest BCUT2D eigenvalue weighted by molar-refractivity contribution is 5.69. The minimum atomic E-state index is 0.000584. The Morgan fingerprint density at radius 2 is 1.36 bits per heavy atom. The smallest absolute Gasteiger partial charge is 0.305 e. The van der Waals surface area contributed by atoms with Gasteiger partial charge in [-0.2, -0.15) is 0 Å². The molecule has 0 N–H and O–H groups in total. The summed E-state index contributed by atoms with van der Waals surface area (Å²) in [7, 11) is 0. The van der Waals surface area contributed by atoms with E-state index in [4.69, 9.17) is 4.74 Å². The van der Waals surface area contributed by atoms with Crippen molar-refractivity contribution in [2.45, 2.75) is 124 Å². The Hall–Kier alpha value is -1.05. The van der Waals surface area contributed by atoms with Crippen LogP contribution in [-0.2, 0) is 9.53 Å².